The Bertz CT molecular complexity index is 778. The van der Waals surface area contributed by atoms with Gasteiger partial charge in [-0.15, -0.1) is 0 Å². The van der Waals surface area contributed by atoms with Crippen molar-refractivity contribution in [2.45, 2.75) is 39.0 Å². The molecule has 0 radical (unpaired) electrons. The third kappa shape index (κ3) is 6.61. The molecule has 0 unspecified atom stereocenters. The standard InChI is InChI=1S/C22H28N2O4/c1-22(2,3)17-9-7-16(8-10-17)21(26)24-23-20(25)6-5-15-28-19-13-11-18(27-4)12-14-19/h7-14H,5-6,15H2,1-4H3,(H,23,25)(H,24,26). The molecule has 0 aliphatic rings. The van der Waals surface area contributed by atoms with Crippen molar-refractivity contribution in [2.24, 2.45) is 0 Å². The molecule has 6 heteroatoms. The van der Waals surface area contributed by atoms with E-state index in [4.69, 9.17) is 9.47 Å². The lowest BCUT2D eigenvalue weighted by Crippen LogP contribution is -2.41. The summed E-state index contributed by atoms with van der Waals surface area (Å²) >= 11 is 0. The van der Waals surface area contributed by atoms with Crippen LogP contribution in [-0.2, 0) is 10.2 Å². The Balaban J connectivity index is 1.68. The van der Waals surface area contributed by atoms with Crippen LogP contribution in [0.15, 0.2) is 48.5 Å². The zero-order valence-corrected chi connectivity index (χ0v) is 16.9. The van der Waals surface area contributed by atoms with Crippen molar-refractivity contribution in [1.82, 2.24) is 10.9 Å². The number of carbonyl (C=O) groups is 2. The summed E-state index contributed by atoms with van der Waals surface area (Å²) in [6, 6.07) is 14.6. The minimum atomic E-state index is -0.344. The quantitative estimate of drug-likeness (QED) is 0.565. The molecular formula is C22H28N2O4. The van der Waals surface area contributed by atoms with Gasteiger partial charge in [0.2, 0.25) is 5.91 Å². The highest BCUT2D eigenvalue weighted by molar-refractivity contribution is 5.95. The fourth-order valence-corrected chi connectivity index (χ4v) is 2.48. The Hall–Kier alpha value is -3.02. The van der Waals surface area contributed by atoms with Gasteiger partial charge in [-0.3, -0.25) is 20.4 Å². The van der Waals surface area contributed by atoms with Gasteiger partial charge in [0, 0.05) is 12.0 Å². The smallest absolute Gasteiger partial charge is 0.269 e. The number of nitrogens with one attached hydrogen (secondary N) is 2. The topological polar surface area (TPSA) is 76.7 Å². The molecule has 0 saturated heterocycles. The SMILES string of the molecule is COc1ccc(OCCCC(=O)NNC(=O)c2ccc(C(C)(C)C)cc2)cc1. The Morgan fingerprint density at radius 2 is 1.50 bits per heavy atom. The molecule has 0 bridgehead atoms. The monoisotopic (exact) mass is 384 g/mol. The highest BCUT2D eigenvalue weighted by atomic mass is 16.5. The molecule has 2 aromatic rings. The second kappa shape index (κ2) is 9.78. The number of amides is 2. The largest absolute Gasteiger partial charge is 0.497 e. The van der Waals surface area contributed by atoms with Crippen molar-refractivity contribution in [3.05, 3.63) is 59.7 Å². The summed E-state index contributed by atoms with van der Waals surface area (Å²) in [7, 11) is 1.61. The molecule has 2 amide bonds. The number of methoxy groups -OCH3 is 1. The number of hydrogen-bond acceptors (Lipinski definition) is 4. The molecule has 28 heavy (non-hydrogen) atoms. The molecule has 0 aliphatic carbocycles. The molecule has 2 N–H and O–H groups in total. The van der Waals surface area contributed by atoms with E-state index >= 15 is 0 Å². The predicted molar refractivity (Wildman–Crippen MR) is 108 cm³/mol. The molecule has 2 aromatic carbocycles. The zero-order chi connectivity index (χ0) is 20.6. The van der Waals surface area contributed by atoms with Crippen molar-refractivity contribution in [3.63, 3.8) is 0 Å². The second-order valence-electron chi connectivity index (χ2n) is 7.46. The van der Waals surface area contributed by atoms with Gasteiger partial charge >= 0.3 is 0 Å². The van der Waals surface area contributed by atoms with E-state index < -0.39 is 0 Å². The van der Waals surface area contributed by atoms with Crippen molar-refractivity contribution in [1.29, 1.82) is 0 Å². The normalized spacial score (nSPS) is 10.9. The van der Waals surface area contributed by atoms with Crippen LogP contribution in [0.25, 0.3) is 0 Å². The van der Waals surface area contributed by atoms with Gasteiger partial charge in [0.1, 0.15) is 11.5 Å². The molecule has 0 spiro atoms. The first-order valence-corrected chi connectivity index (χ1v) is 9.26. The van der Waals surface area contributed by atoms with Gasteiger partial charge < -0.3 is 9.47 Å². The molecule has 2 rings (SSSR count). The summed E-state index contributed by atoms with van der Waals surface area (Å²) in [5, 5.41) is 0. The van der Waals surface area contributed by atoms with Gasteiger partial charge in [0.25, 0.3) is 5.91 Å². The van der Waals surface area contributed by atoms with Crippen LogP contribution in [0.2, 0.25) is 0 Å². The van der Waals surface area contributed by atoms with Crippen molar-refractivity contribution in [2.75, 3.05) is 13.7 Å². The Morgan fingerprint density at radius 1 is 0.893 bits per heavy atom. The van der Waals surface area contributed by atoms with Gasteiger partial charge in [-0.1, -0.05) is 32.9 Å². The third-order valence-corrected chi connectivity index (χ3v) is 4.20. The van der Waals surface area contributed by atoms with E-state index in [1.165, 1.54) is 0 Å². The number of hydrazine groups is 1. The van der Waals surface area contributed by atoms with E-state index in [-0.39, 0.29) is 23.7 Å². The molecular weight excluding hydrogens is 356 g/mol. The number of hydrogen-bond donors (Lipinski definition) is 2. The van der Waals surface area contributed by atoms with Gasteiger partial charge in [-0.25, -0.2) is 0 Å². The lowest BCUT2D eigenvalue weighted by molar-refractivity contribution is -0.122. The number of benzene rings is 2. The molecule has 0 heterocycles. The molecule has 0 saturated carbocycles. The summed E-state index contributed by atoms with van der Waals surface area (Å²) in [6.45, 7) is 6.74. The summed E-state index contributed by atoms with van der Waals surface area (Å²) in [5.41, 5.74) is 6.53. The molecule has 0 aromatic heterocycles. The summed E-state index contributed by atoms with van der Waals surface area (Å²) in [5.74, 6) is 0.866. The first-order chi connectivity index (χ1) is 13.3. The number of carbonyl (C=O) groups excluding carboxylic acids is 2. The van der Waals surface area contributed by atoms with Gasteiger partial charge in [0.05, 0.1) is 13.7 Å². The lowest BCUT2D eigenvalue weighted by atomic mass is 9.87. The highest BCUT2D eigenvalue weighted by Gasteiger charge is 2.14. The third-order valence-electron chi connectivity index (χ3n) is 4.20. The number of ether oxygens (including phenoxy) is 2. The van der Waals surface area contributed by atoms with Crippen LogP contribution in [0.3, 0.4) is 0 Å². The maximum Gasteiger partial charge on any atom is 0.269 e. The maximum atomic E-state index is 12.1. The minimum absolute atomic E-state index is 0.0249. The van der Waals surface area contributed by atoms with Crippen LogP contribution in [0.4, 0.5) is 0 Å². The summed E-state index contributed by atoms with van der Waals surface area (Å²) in [6.07, 6.45) is 0.785. The van der Waals surface area contributed by atoms with Crippen molar-refractivity contribution < 1.29 is 19.1 Å². The van der Waals surface area contributed by atoms with Crippen molar-refractivity contribution in [3.8, 4) is 11.5 Å². The van der Waals surface area contributed by atoms with Gasteiger partial charge in [0.15, 0.2) is 0 Å². The van der Waals surface area contributed by atoms with Gasteiger partial charge in [-0.05, 0) is 53.8 Å². The fraction of sp³-hybridized carbons (Fsp3) is 0.364. The second-order valence-corrected chi connectivity index (χ2v) is 7.46. The minimum Gasteiger partial charge on any atom is -0.497 e. The van der Waals surface area contributed by atoms with Crippen LogP contribution >= 0.6 is 0 Å². The summed E-state index contributed by atoms with van der Waals surface area (Å²) < 4.78 is 10.6. The van der Waals surface area contributed by atoms with Crippen LogP contribution in [-0.4, -0.2) is 25.5 Å². The van der Waals surface area contributed by atoms with E-state index in [0.29, 0.717) is 24.3 Å². The van der Waals surface area contributed by atoms with Crippen molar-refractivity contribution >= 4 is 11.8 Å². The van der Waals surface area contributed by atoms with Gasteiger partial charge in [-0.2, -0.15) is 0 Å². The van der Waals surface area contributed by atoms with E-state index in [1.54, 1.807) is 19.2 Å². The van der Waals surface area contributed by atoms with E-state index in [9.17, 15) is 9.59 Å². The first kappa shape index (κ1) is 21.3. The van der Waals surface area contributed by atoms with Crippen LogP contribution in [0, 0.1) is 0 Å². The molecule has 0 atom stereocenters. The fourth-order valence-electron chi connectivity index (χ4n) is 2.48. The molecule has 0 fully saturated rings. The zero-order valence-electron chi connectivity index (χ0n) is 16.9. The highest BCUT2D eigenvalue weighted by Crippen LogP contribution is 2.22. The Kier molecular flexibility index (Phi) is 7.44. The Morgan fingerprint density at radius 3 is 2.07 bits per heavy atom. The molecule has 0 aliphatic heterocycles. The lowest BCUT2D eigenvalue weighted by Gasteiger charge is -2.19. The average Bonchev–Trinajstić information content (AvgIpc) is 2.69. The van der Waals surface area contributed by atoms with E-state index in [2.05, 4.69) is 31.6 Å². The molecule has 6 nitrogen and oxygen atoms in total. The molecule has 150 valence electrons. The van der Waals surface area contributed by atoms with Crippen LogP contribution in [0.1, 0.15) is 49.5 Å². The van der Waals surface area contributed by atoms with Crippen LogP contribution < -0.4 is 20.3 Å². The van der Waals surface area contributed by atoms with E-state index in [0.717, 1.165) is 11.3 Å². The predicted octanol–water partition coefficient (Wildman–Crippen LogP) is 3.61. The van der Waals surface area contributed by atoms with Crippen LogP contribution in [0.5, 0.6) is 11.5 Å². The average molecular weight is 384 g/mol. The Labute approximate surface area is 166 Å². The first-order valence-electron chi connectivity index (χ1n) is 9.26. The number of rotatable bonds is 7. The maximum absolute atomic E-state index is 12.1. The van der Waals surface area contributed by atoms with E-state index in [1.807, 2.05) is 36.4 Å². The summed E-state index contributed by atoms with van der Waals surface area (Å²) in [4.78, 5) is 24.0.